The summed E-state index contributed by atoms with van der Waals surface area (Å²) in [6, 6.07) is 22.1. The second-order valence-electron chi connectivity index (χ2n) is 4.96. The average molecular weight is 290 g/mol. The van der Waals surface area contributed by atoms with Crippen molar-refractivity contribution in [2.24, 2.45) is 0 Å². The van der Waals surface area contributed by atoms with Crippen LogP contribution in [-0.4, -0.2) is 16.2 Å². The number of carboxylic acid groups (broad SMARTS) is 1. The molecule has 0 aromatic heterocycles. The van der Waals surface area contributed by atoms with Crippen LogP contribution in [0.3, 0.4) is 0 Å². The predicted octanol–water partition coefficient (Wildman–Crippen LogP) is 4.42. The topological polar surface area (TPSA) is 57.5 Å². The third-order valence-electron chi connectivity index (χ3n) is 3.53. The number of phenols is 1. The van der Waals surface area contributed by atoms with Crippen LogP contribution >= 0.6 is 0 Å². The first-order valence-electron chi connectivity index (χ1n) is 6.88. The van der Waals surface area contributed by atoms with Crippen LogP contribution in [0.1, 0.15) is 10.4 Å². The molecular formula is C19H14O3. The van der Waals surface area contributed by atoms with E-state index in [9.17, 15) is 15.0 Å². The lowest BCUT2D eigenvalue weighted by molar-refractivity contribution is 0.0694. The van der Waals surface area contributed by atoms with E-state index < -0.39 is 5.97 Å². The molecule has 0 heterocycles. The first-order valence-corrected chi connectivity index (χ1v) is 6.88. The molecule has 3 aromatic rings. The minimum atomic E-state index is -1.15. The van der Waals surface area contributed by atoms with Gasteiger partial charge in [0.25, 0.3) is 0 Å². The molecule has 2 N–H and O–H groups in total. The van der Waals surface area contributed by atoms with E-state index in [1.165, 1.54) is 6.07 Å². The first kappa shape index (κ1) is 13.9. The normalized spacial score (nSPS) is 10.4. The van der Waals surface area contributed by atoms with Crippen molar-refractivity contribution in [3.8, 4) is 28.0 Å². The van der Waals surface area contributed by atoms with Crippen LogP contribution in [0.2, 0.25) is 0 Å². The van der Waals surface area contributed by atoms with Gasteiger partial charge in [0.15, 0.2) is 0 Å². The van der Waals surface area contributed by atoms with Crippen molar-refractivity contribution >= 4 is 5.97 Å². The number of carbonyl (C=O) groups is 1. The van der Waals surface area contributed by atoms with E-state index in [-0.39, 0.29) is 11.3 Å². The summed E-state index contributed by atoms with van der Waals surface area (Å²) in [6.45, 7) is 0. The molecule has 0 amide bonds. The highest BCUT2D eigenvalue weighted by molar-refractivity contribution is 5.96. The molecule has 0 aliphatic carbocycles. The van der Waals surface area contributed by atoms with Gasteiger partial charge in [0.1, 0.15) is 11.3 Å². The van der Waals surface area contributed by atoms with Crippen LogP contribution < -0.4 is 0 Å². The van der Waals surface area contributed by atoms with E-state index in [4.69, 9.17) is 0 Å². The van der Waals surface area contributed by atoms with Crippen molar-refractivity contribution in [2.45, 2.75) is 0 Å². The molecule has 108 valence electrons. The van der Waals surface area contributed by atoms with Crippen molar-refractivity contribution in [3.05, 3.63) is 78.4 Å². The molecule has 22 heavy (non-hydrogen) atoms. The molecule has 3 nitrogen and oxygen atoms in total. The number of aromatic hydroxyl groups is 1. The van der Waals surface area contributed by atoms with Gasteiger partial charge in [-0.2, -0.15) is 0 Å². The van der Waals surface area contributed by atoms with E-state index in [1.807, 2.05) is 66.7 Å². The molecule has 0 fully saturated rings. The third-order valence-corrected chi connectivity index (χ3v) is 3.53. The Morgan fingerprint density at radius 1 is 0.727 bits per heavy atom. The Morgan fingerprint density at radius 3 is 1.82 bits per heavy atom. The fourth-order valence-corrected chi connectivity index (χ4v) is 2.43. The van der Waals surface area contributed by atoms with Crippen molar-refractivity contribution in [1.82, 2.24) is 0 Å². The van der Waals surface area contributed by atoms with Gasteiger partial charge < -0.3 is 10.2 Å². The zero-order valence-electron chi connectivity index (χ0n) is 11.7. The molecule has 0 atom stereocenters. The van der Waals surface area contributed by atoms with Crippen molar-refractivity contribution in [1.29, 1.82) is 0 Å². The van der Waals surface area contributed by atoms with Gasteiger partial charge in [-0.25, -0.2) is 4.79 Å². The van der Waals surface area contributed by atoms with E-state index in [2.05, 4.69) is 0 Å². The molecule has 0 spiro atoms. The van der Waals surface area contributed by atoms with Gasteiger partial charge >= 0.3 is 5.97 Å². The van der Waals surface area contributed by atoms with Crippen molar-refractivity contribution in [2.75, 3.05) is 0 Å². The van der Waals surface area contributed by atoms with Crippen molar-refractivity contribution < 1.29 is 15.0 Å². The first-order chi connectivity index (χ1) is 10.7. The molecule has 0 radical (unpaired) electrons. The van der Waals surface area contributed by atoms with Gasteiger partial charge in [0.05, 0.1) is 0 Å². The number of aromatic carboxylic acids is 1. The molecule has 0 saturated carbocycles. The second-order valence-corrected chi connectivity index (χ2v) is 4.96. The summed E-state index contributed by atoms with van der Waals surface area (Å²) in [4.78, 5) is 11.4. The molecule has 0 unspecified atom stereocenters. The minimum Gasteiger partial charge on any atom is -0.506 e. The van der Waals surface area contributed by atoms with E-state index in [0.29, 0.717) is 5.56 Å². The van der Waals surface area contributed by atoms with Crippen LogP contribution in [-0.2, 0) is 0 Å². The van der Waals surface area contributed by atoms with Gasteiger partial charge in [-0.1, -0.05) is 60.7 Å². The molecule has 0 bridgehead atoms. The van der Waals surface area contributed by atoms with Gasteiger partial charge in [-0.05, 0) is 28.8 Å². The maximum atomic E-state index is 11.4. The lowest BCUT2D eigenvalue weighted by Gasteiger charge is -2.11. The minimum absolute atomic E-state index is 0.0970. The summed E-state index contributed by atoms with van der Waals surface area (Å²) in [7, 11) is 0. The van der Waals surface area contributed by atoms with Crippen molar-refractivity contribution in [3.63, 3.8) is 0 Å². The largest absolute Gasteiger partial charge is 0.506 e. The zero-order valence-corrected chi connectivity index (χ0v) is 11.7. The average Bonchev–Trinajstić information content (AvgIpc) is 2.56. The molecule has 0 saturated heterocycles. The van der Waals surface area contributed by atoms with Gasteiger partial charge in [0.2, 0.25) is 0 Å². The maximum Gasteiger partial charge on any atom is 0.339 e. The molecule has 0 aliphatic heterocycles. The maximum absolute atomic E-state index is 11.4. The Morgan fingerprint density at radius 2 is 1.27 bits per heavy atom. The quantitative estimate of drug-likeness (QED) is 0.750. The summed E-state index contributed by atoms with van der Waals surface area (Å²) < 4.78 is 0. The lowest BCUT2D eigenvalue weighted by atomic mass is 9.95. The predicted molar refractivity (Wildman–Crippen MR) is 85.9 cm³/mol. The highest BCUT2D eigenvalue weighted by Gasteiger charge is 2.17. The summed E-state index contributed by atoms with van der Waals surface area (Å²) >= 11 is 0. The second kappa shape index (κ2) is 5.74. The summed E-state index contributed by atoms with van der Waals surface area (Å²) in [5.41, 5.74) is 2.86. The van der Waals surface area contributed by atoms with Crippen LogP contribution in [0, 0.1) is 0 Å². The molecule has 3 heteroatoms. The Kier molecular flexibility index (Phi) is 3.62. The Bertz CT molecular complexity index is 809. The summed E-state index contributed by atoms with van der Waals surface area (Å²) in [6.07, 6.45) is 0. The van der Waals surface area contributed by atoms with E-state index in [0.717, 1.165) is 16.7 Å². The number of hydrogen-bond acceptors (Lipinski definition) is 2. The van der Waals surface area contributed by atoms with Gasteiger partial charge in [0, 0.05) is 5.56 Å². The smallest absolute Gasteiger partial charge is 0.339 e. The summed E-state index contributed by atoms with van der Waals surface area (Å²) in [5, 5.41) is 19.7. The Hall–Kier alpha value is -3.07. The van der Waals surface area contributed by atoms with Gasteiger partial charge in [-0.3, -0.25) is 0 Å². The Labute approximate surface area is 128 Å². The molecule has 0 aliphatic rings. The zero-order chi connectivity index (χ0) is 15.5. The Balaban J connectivity index is 2.26. The van der Waals surface area contributed by atoms with Gasteiger partial charge in [-0.15, -0.1) is 0 Å². The monoisotopic (exact) mass is 290 g/mol. The molecular weight excluding hydrogens is 276 g/mol. The SMILES string of the molecule is O=C(O)c1cc(-c2ccccc2)cc(-c2ccccc2)c1O. The van der Waals surface area contributed by atoms with Crippen LogP contribution in [0.4, 0.5) is 0 Å². The summed E-state index contributed by atoms with van der Waals surface area (Å²) in [5.74, 6) is -1.36. The fourth-order valence-electron chi connectivity index (χ4n) is 2.43. The number of benzene rings is 3. The van der Waals surface area contributed by atoms with E-state index in [1.54, 1.807) is 0 Å². The number of hydrogen-bond donors (Lipinski definition) is 2. The molecule has 3 rings (SSSR count). The lowest BCUT2D eigenvalue weighted by Crippen LogP contribution is -1.99. The standard InChI is InChI=1S/C19H14O3/c20-18-16(14-9-5-2-6-10-14)11-15(12-17(18)19(21)22)13-7-3-1-4-8-13/h1-12,20H,(H,21,22). The highest BCUT2D eigenvalue weighted by Crippen LogP contribution is 2.36. The number of rotatable bonds is 3. The third kappa shape index (κ3) is 2.56. The number of carboxylic acids is 1. The highest BCUT2D eigenvalue weighted by atomic mass is 16.4. The fraction of sp³-hybridized carbons (Fsp3) is 0. The van der Waals surface area contributed by atoms with Crippen LogP contribution in [0.25, 0.3) is 22.3 Å². The van der Waals surface area contributed by atoms with Crippen LogP contribution in [0.15, 0.2) is 72.8 Å². The van der Waals surface area contributed by atoms with Crippen LogP contribution in [0.5, 0.6) is 5.75 Å². The molecule has 3 aromatic carbocycles. The van der Waals surface area contributed by atoms with E-state index >= 15 is 0 Å².